The summed E-state index contributed by atoms with van der Waals surface area (Å²) in [6.07, 6.45) is -0.585. The van der Waals surface area contributed by atoms with Crippen molar-refractivity contribution in [1.29, 1.82) is 0 Å². The molecule has 0 radical (unpaired) electrons. The number of ether oxygens (including phenoxy) is 3. The van der Waals surface area contributed by atoms with Gasteiger partial charge in [0, 0.05) is 6.07 Å². The summed E-state index contributed by atoms with van der Waals surface area (Å²) in [5.41, 5.74) is -0.228. The Morgan fingerprint density at radius 1 is 0.857 bits per heavy atom. The van der Waals surface area contributed by atoms with Crippen LogP contribution in [0.1, 0.15) is 50.8 Å². The SMILES string of the molecule is CCCCOc1cc(COc2ccc(C(F)(F)F)cc2)nnc1OCCCC. The van der Waals surface area contributed by atoms with Crippen molar-refractivity contribution in [2.45, 2.75) is 52.3 Å². The quantitative estimate of drug-likeness (QED) is 0.472. The Hall–Kier alpha value is -2.51. The minimum atomic E-state index is -4.37. The summed E-state index contributed by atoms with van der Waals surface area (Å²) in [5.74, 6) is 1.14. The fraction of sp³-hybridized carbons (Fsp3) is 0.500. The zero-order valence-corrected chi connectivity index (χ0v) is 16.1. The van der Waals surface area contributed by atoms with Crippen LogP contribution in [0.15, 0.2) is 30.3 Å². The third kappa shape index (κ3) is 6.90. The number of aromatic nitrogens is 2. The van der Waals surface area contributed by atoms with Crippen molar-refractivity contribution in [3.05, 3.63) is 41.6 Å². The lowest BCUT2D eigenvalue weighted by Gasteiger charge is -2.13. The molecule has 0 aliphatic rings. The molecule has 0 amide bonds. The summed E-state index contributed by atoms with van der Waals surface area (Å²) in [4.78, 5) is 0. The lowest BCUT2D eigenvalue weighted by atomic mass is 10.2. The third-order valence-corrected chi connectivity index (χ3v) is 3.84. The predicted octanol–water partition coefficient (Wildman–Crippen LogP) is 5.43. The highest BCUT2D eigenvalue weighted by molar-refractivity contribution is 5.34. The number of alkyl halides is 3. The monoisotopic (exact) mass is 398 g/mol. The molecule has 0 fully saturated rings. The third-order valence-electron chi connectivity index (χ3n) is 3.84. The molecular formula is C20H25F3N2O3. The second kappa shape index (κ2) is 10.7. The van der Waals surface area contributed by atoms with E-state index >= 15 is 0 Å². The van der Waals surface area contributed by atoms with Crippen LogP contribution >= 0.6 is 0 Å². The molecule has 1 aromatic carbocycles. The number of unbranched alkanes of at least 4 members (excludes halogenated alkanes) is 2. The van der Waals surface area contributed by atoms with Crippen molar-refractivity contribution >= 4 is 0 Å². The minimum absolute atomic E-state index is 0.0533. The number of rotatable bonds is 11. The van der Waals surface area contributed by atoms with Gasteiger partial charge in [0.2, 0.25) is 0 Å². The molecule has 154 valence electrons. The molecule has 0 unspecified atom stereocenters. The van der Waals surface area contributed by atoms with Gasteiger partial charge in [0.05, 0.1) is 18.8 Å². The van der Waals surface area contributed by atoms with E-state index in [1.165, 1.54) is 12.1 Å². The fourth-order valence-corrected chi connectivity index (χ4v) is 2.21. The van der Waals surface area contributed by atoms with E-state index in [2.05, 4.69) is 24.0 Å². The Balaban J connectivity index is 2.02. The van der Waals surface area contributed by atoms with Crippen LogP contribution in [-0.4, -0.2) is 23.4 Å². The number of nitrogens with zero attached hydrogens (tertiary/aromatic N) is 2. The van der Waals surface area contributed by atoms with Gasteiger partial charge in [0.25, 0.3) is 5.88 Å². The van der Waals surface area contributed by atoms with E-state index in [4.69, 9.17) is 14.2 Å². The molecule has 8 heteroatoms. The second-order valence-electron chi connectivity index (χ2n) is 6.22. The van der Waals surface area contributed by atoms with Gasteiger partial charge in [-0.05, 0) is 37.1 Å². The fourth-order valence-electron chi connectivity index (χ4n) is 2.21. The molecule has 0 N–H and O–H groups in total. The van der Waals surface area contributed by atoms with Gasteiger partial charge in [-0.2, -0.15) is 13.2 Å². The van der Waals surface area contributed by atoms with Gasteiger partial charge in [-0.3, -0.25) is 0 Å². The first-order valence-corrected chi connectivity index (χ1v) is 9.36. The van der Waals surface area contributed by atoms with E-state index in [0.717, 1.165) is 37.8 Å². The van der Waals surface area contributed by atoms with Crippen molar-refractivity contribution in [2.75, 3.05) is 13.2 Å². The Kier molecular flexibility index (Phi) is 8.35. The van der Waals surface area contributed by atoms with Gasteiger partial charge in [-0.15, -0.1) is 10.2 Å². The van der Waals surface area contributed by atoms with Crippen molar-refractivity contribution in [3.63, 3.8) is 0 Å². The van der Waals surface area contributed by atoms with Crippen molar-refractivity contribution in [2.24, 2.45) is 0 Å². The van der Waals surface area contributed by atoms with E-state index in [1.54, 1.807) is 6.07 Å². The Morgan fingerprint density at radius 3 is 2.11 bits per heavy atom. The molecule has 0 saturated heterocycles. The minimum Gasteiger partial charge on any atom is -0.488 e. The van der Waals surface area contributed by atoms with E-state index in [1.807, 2.05) is 0 Å². The molecule has 0 aliphatic carbocycles. The largest absolute Gasteiger partial charge is 0.488 e. The zero-order valence-electron chi connectivity index (χ0n) is 16.1. The first-order chi connectivity index (χ1) is 13.4. The van der Waals surface area contributed by atoms with E-state index in [9.17, 15) is 13.2 Å². The van der Waals surface area contributed by atoms with Crippen LogP contribution in [0, 0.1) is 0 Å². The van der Waals surface area contributed by atoms with Gasteiger partial charge in [0.15, 0.2) is 5.75 Å². The summed E-state index contributed by atoms with van der Waals surface area (Å²) in [6.45, 7) is 5.24. The molecule has 0 atom stereocenters. The number of hydrogen-bond donors (Lipinski definition) is 0. The standard InChI is InChI=1S/C20H25F3N2O3/c1-3-5-11-26-18-13-16(24-25-19(18)27-12-6-4-2)14-28-17-9-7-15(8-10-17)20(21,22)23/h7-10,13H,3-6,11-12,14H2,1-2H3. The van der Waals surface area contributed by atoms with Crippen molar-refractivity contribution in [1.82, 2.24) is 10.2 Å². The Bertz CT molecular complexity index is 722. The molecule has 1 heterocycles. The first-order valence-electron chi connectivity index (χ1n) is 9.36. The van der Waals surface area contributed by atoms with Gasteiger partial charge in [0.1, 0.15) is 18.1 Å². The molecule has 5 nitrogen and oxygen atoms in total. The van der Waals surface area contributed by atoms with Crippen LogP contribution in [-0.2, 0) is 12.8 Å². The maximum atomic E-state index is 12.6. The molecule has 0 bridgehead atoms. The maximum absolute atomic E-state index is 12.6. The Morgan fingerprint density at radius 2 is 1.50 bits per heavy atom. The molecule has 2 aromatic rings. The van der Waals surface area contributed by atoms with Gasteiger partial charge in [-0.25, -0.2) is 0 Å². The van der Waals surface area contributed by atoms with Crippen molar-refractivity contribution in [3.8, 4) is 17.4 Å². The zero-order chi connectivity index (χ0) is 20.4. The first kappa shape index (κ1) is 21.8. The van der Waals surface area contributed by atoms with Crippen LogP contribution in [0.2, 0.25) is 0 Å². The van der Waals surface area contributed by atoms with Crippen molar-refractivity contribution < 1.29 is 27.4 Å². The smallest absolute Gasteiger partial charge is 0.416 e. The second-order valence-corrected chi connectivity index (χ2v) is 6.22. The lowest BCUT2D eigenvalue weighted by molar-refractivity contribution is -0.137. The summed E-state index contributed by atoms with van der Waals surface area (Å²) < 4.78 is 54.7. The molecule has 0 aliphatic heterocycles. The molecule has 0 saturated carbocycles. The highest BCUT2D eigenvalue weighted by Gasteiger charge is 2.30. The van der Waals surface area contributed by atoms with Crippen LogP contribution in [0.25, 0.3) is 0 Å². The average molecular weight is 398 g/mol. The van der Waals surface area contributed by atoms with E-state index in [0.29, 0.717) is 36.3 Å². The maximum Gasteiger partial charge on any atom is 0.416 e. The van der Waals surface area contributed by atoms with E-state index < -0.39 is 11.7 Å². The highest BCUT2D eigenvalue weighted by Crippen LogP contribution is 2.30. The number of benzene rings is 1. The summed E-state index contributed by atoms with van der Waals surface area (Å²) in [6, 6.07) is 6.19. The Labute approximate surface area is 162 Å². The highest BCUT2D eigenvalue weighted by atomic mass is 19.4. The normalized spacial score (nSPS) is 11.3. The molecule has 28 heavy (non-hydrogen) atoms. The molecular weight excluding hydrogens is 373 g/mol. The summed E-state index contributed by atoms with van der Waals surface area (Å²) in [7, 11) is 0. The van der Waals surface area contributed by atoms with Gasteiger partial charge in [-0.1, -0.05) is 26.7 Å². The lowest BCUT2D eigenvalue weighted by Crippen LogP contribution is -2.08. The molecule has 0 spiro atoms. The van der Waals surface area contributed by atoms with Gasteiger partial charge >= 0.3 is 6.18 Å². The van der Waals surface area contributed by atoms with Gasteiger partial charge < -0.3 is 14.2 Å². The van der Waals surface area contributed by atoms with Crippen LogP contribution in [0.4, 0.5) is 13.2 Å². The number of hydrogen-bond acceptors (Lipinski definition) is 5. The predicted molar refractivity (Wildman–Crippen MR) is 98.6 cm³/mol. The van der Waals surface area contributed by atoms with Crippen LogP contribution < -0.4 is 14.2 Å². The summed E-state index contributed by atoms with van der Waals surface area (Å²) >= 11 is 0. The van der Waals surface area contributed by atoms with Crippen LogP contribution in [0.5, 0.6) is 17.4 Å². The number of halogens is 3. The topological polar surface area (TPSA) is 53.5 Å². The van der Waals surface area contributed by atoms with E-state index in [-0.39, 0.29) is 6.61 Å². The van der Waals surface area contributed by atoms with Crippen LogP contribution in [0.3, 0.4) is 0 Å². The molecule has 2 rings (SSSR count). The molecule has 1 aromatic heterocycles. The summed E-state index contributed by atoms with van der Waals surface area (Å²) in [5, 5.41) is 8.12. The average Bonchev–Trinajstić information content (AvgIpc) is 2.67.